The van der Waals surface area contributed by atoms with Gasteiger partial charge >= 0.3 is 0 Å². The summed E-state index contributed by atoms with van der Waals surface area (Å²) in [6, 6.07) is 6.68. The Bertz CT molecular complexity index is 469. The van der Waals surface area contributed by atoms with Crippen LogP contribution in [0.1, 0.15) is 23.7 Å². The van der Waals surface area contributed by atoms with Crippen LogP contribution in [0.5, 0.6) is 0 Å². The molecule has 15 heavy (non-hydrogen) atoms. The van der Waals surface area contributed by atoms with Gasteiger partial charge in [-0.2, -0.15) is 0 Å². The normalized spacial score (nSPS) is 11.1. The molecule has 2 nitrogen and oxygen atoms in total. The van der Waals surface area contributed by atoms with Crippen LogP contribution >= 0.6 is 0 Å². The first-order valence-corrected chi connectivity index (χ1v) is 5.50. The monoisotopic (exact) mass is 202 g/mol. The molecule has 2 heteroatoms. The second-order valence-corrected chi connectivity index (χ2v) is 4.12. The molecule has 2 N–H and O–H groups in total. The molecule has 0 amide bonds. The quantitative estimate of drug-likeness (QED) is 0.787. The summed E-state index contributed by atoms with van der Waals surface area (Å²) in [4.78, 5) is 3.45. The summed E-state index contributed by atoms with van der Waals surface area (Å²) in [7, 11) is 0. The molecule has 0 bridgehead atoms. The zero-order chi connectivity index (χ0) is 10.8. The Morgan fingerprint density at radius 3 is 2.73 bits per heavy atom. The third-order valence-corrected chi connectivity index (χ3v) is 2.71. The van der Waals surface area contributed by atoms with Crippen molar-refractivity contribution >= 4 is 10.9 Å². The van der Waals surface area contributed by atoms with Gasteiger partial charge < -0.3 is 10.3 Å². The Morgan fingerprint density at radius 1 is 1.20 bits per heavy atom. The van der Waals surface area contributed by atoms with Gasteiger partial charge in [-0.05, 0) is 43.7 Å². The zero-order valence-corrected chi connectivity index (χ0v) is 9.65. The first-order valence-electron chi connectivity index (χ1n) is 5.50. The Balaban J connectivity index is 2.41. The van der Waals surface area contributed by atoms with Gasteiger partial charge in [0.15, 0.2) is 0 Å². The molecule has 0 aliphatic heterocycles. The molecule has 1 heterocycles. The third-order valence-electron chi connectivity index (χ3n) is 2.71. The highest BCUT2D eigenvalue weighted by Gasteiger charge is 2.03. The number of aryl methyl sites for hydroxylation is 2. The highest BCUT2D eigenvalue weighted by molar-refractivity contribution is 5.84. The molecule has 0 atom stereocenters. The van der Waals surface area contributed by atoms with Gasteiger partial charge in [-0.25, -0.2) is 0 Å². The molecule has 1 aromatic carbocycles. The van der Waals surface area contributed by atoms with Gasteiger partial charge in [-0.1, -0.05) is 13.0 Å². The van der Waals surface area contributed by atoms with E-state index in [1.165, 1.54) is 27.7 Å². The van der Waals surface area contributed by atoms with Crippen LogP contribution in [-0.2, 0) is 6.54 Å². The fourth-order valence-corrected chi connectivity index (χ4v) is 2.01. The Labute approximate surface area is 90.7 Å². The molecule has 0 saturated heterocycles. The predicted molar refractivity (Wildman–Crippen MR) is 65.2 cm³/mol. The van der Waals surface area contributed by atoms with E-state index >= 15 is 0 Å². The molecule has 0 radical (unpaired) electrons. The van der Waals surface area contributed by atoms with Gasteiger partial charge in [0.05, 0.1) is 0 Å². The van der Waals surface area contributed by atoms with Crippen molar-refractivity contribution in [2.24, 2.45) is 0 Å². The number of aromatic amines is 1. The van der Waals surface area contributed by atoms with Crippen LogP contribution in [0.3, 0.4) is 0 Å². The standard InChI is InChI=1S/C13H18N2/c1-4-14-8-11-7-12-10(3)5-9(2)6-13(12)15-11/h5-7,14-15H,4,8H2,1-3H3. The van der Waals surface area contributed by atoms with Crippen LogP contribution < -0.4 is 5.32 Å². The third kappa shape index (κ3) is 2.05. The predicted octanol–water partition coefficient (Wildman–Crippen LogP) is 2.89. The summed E-state index contributed by atoms with van der Waals surface area (Å²) >= 11 is 0. The molecule has 0 fully saturated rings. The van der Waals surface area contributed by atoms with Crippen molar-refractivity contribution in [1.82, 2.24) is 10.3 Å². The van der Waals surface area contributed by atoms with E-state index in [4.69, 9.17) is 0 Å². The van der Waals surface area contributed by atoms with Crippen molar-refractivity contribution < 1.29 is 0 Å². The highest BCUT2D eigenvalue weighted by Crippen LogP contribution is 2.21. The lowest BCUT2D eigenvalue weighted by Crippen LogP contribution is -2.11. The summed E-state index contributed by atoms with van der Waals surface area (Å²) < 4.78 is 0. The second-order valence-electron chi connectivity index (χ2n) is 4.12. The lowest BCUT2D eigenvalue weighted by atomic mass is 10.1. The SMILES string of the molecule is CCNCc1cc2c(C)cc(C)cc2[nH]1. The summed E-state index contributed by atoms with van der Waals surface area (Å²) in [6.07, 6.45) is 0. The minimum absolute atomic E-state index is 0.920. The summed E-state index contributed by atoms with van der Waals surface area (Å²) in [5, 5.41) is 4.67. The first kappa shape index (κ1) is 10.2. The second kappa shape index (κ2) is 4.07. The van der Waals surface area contributed by atoms with Crippen molar-refractivity contribution in [2.45, 2.75) is 27.3 Å². The van der Waals surface area contributed by atoms with Gasteiger partial charge in [0.25, 0.3) is 0 Å². The smallest absolute Gasteiger partial charge is 0.0461 e. The molecule has 0 saturated carbocycles. The number of H-pyrrole nitrogens is 1. The topological polar surface area (TPSA) is 27.8 Å². The number of hydrogen-bond donors (Lipinski definition) is 2. The van der Waals surface area contributed by atoms with Crippen molar-refractivity contribution in [2.75, 3.05) is 6.54 Å². The number of fused-ring (bicyclic) bond motifs is 1. The zero-order valence-electron chi connectivity index (χ0n) is 9.65. The van der Waals surface area contributed by atoms with E-state index in [1.54, 1.807) is 0 Å². The molecule has 0 aliphatic carbocycles. The van der Waals surface area contributed by atoms with Crippen LogP contribution in [-0.4, -0.2) is 11.5 Å². The van der Waals surface area contributed by atoms with E-state index in [0.717, 1.165) is 13.1 Å². The maximum Gasteiger partial charge on any atom is 0.0461 e. The van der Waals surface area contributed by atoms with Crippen LogP contribution in [0.2, 0.25) is 0 Å². The number of hydrogen-bond acceptors (Lipinski definition) is 1. The molecule has 0 unspecified atom stereocenters. The molecule has 80 valence electrons. The molecule has 1 aromatic heterocycles. The fourth-order valence-electron chi connectivity index (χ4n) is 2.01. The minimum Gasteiger partial charge on any atom is -0.357 e. The van der Waals surface area contributed by atoms with Crippen molar-refractivity contribution in [3.8, 4) is 0 Å². The number of rotatable bonds is 3. The Morgan fingerprint density at radius 2 is 2.00 bits per heavy atom. The van der Waals surface area contributed by atoms with Gasteiger partial charge in [0, 0.05) is 23.1 Å². The number of aromatic nitrogens is 1. The van der Waals surface area contributed by atoms with Crippen LogP contribution in [0.4, 0.5) is 0 Å². The summed E-state index contributed by atoms with van der Waals surface area (Å²) in [5.41, 5.74) is 5.18. The summed E-state index contributed by atoms with van der Waals surface area (Å²) in [5.74, 6) is 0. The molecule has 2 rings (SSSR count). The van der Waals surface area contributed by atoms with Crippen LogP contribution in [0, 0.1) is 13.8 Å². The Kier molecular flexibility index (Phi) is 2.78. The van der Waals surface area contributed by atoms with Crippen molar-refractivity contribution in [1.29, 1.82) is 0 Å². The fraction of sp³-hybridized carbons (Fsp3) is 0.385. The van der Waals surface area contributed by atoms with E-state index in [9.17, 15) is 0 Å². The van der Waals surface area contributed by atoms with E-state index in [1.807, 2.05) is 0 Å². The molecule has 0 spiro atoms. The van der Waals surface area contributed by atoms with Gasteiger partial charge in [0.1, 0.15) is 0 Å². The lowest BCUT2D eigenvalue weighted by molar-refractivity contribution is 0.715. The van der Waals surface area contributed by atoms with Crippen molar-refractivity contribution in [3.63, 3.8) is 0 Å². The van der Waals surface area contributed by atoms with Crippen molar-refractivity contribution in [3.05, 3.63) is 35.0 Å². The molecule has 2 aromatic rings. The maximum absolute atomic E-state index is 3.45. The van der Waals surface area contributed by atoms with E-state index < -0.39 is 0 Å². The highest BCUT2D eigenvalue weighted by atomic mass is 14.9. The first-order chi connectivity index (χ1) is 7.20. The van der Waals surface area contributed by atoms with Crippen LogP contribution in [0.15, 0.2) is 18.2 Å². The lowest BCUT2D eigenvalue weighted by Gasteiger charge is -1.97. The molecular weight excluding hydrogens is 184 g/mol. The largest absolute Gasteiger partial charge is 0.357 e. The van der Waals surface area contributed by atoms with E-state index in [-0.39, 0.29) is 0 Å². The maximum atomic E-state index is 3.45. The van der Waals surface area contributed by atoms with Gasteiger partial charge in [0.2, 0.25) is 0 Å². The Hall–Kier alpha value is -1.28. The van der Waals surface area contributed by atoms with Crippen LogP contribution in [0.25, 0.3) is 10.9 Å². The van der Waals surface area contributed by atoms with E-state index in [0.29, 0.717) is 0 Å². The average molecular weight is 202 g/mol. The number of benzene rings is 1. The summed E-state index contributed by atoms with van der Waals surface area (Å²) in [6.45, 7) is 8.35. The molecule has 0 aliphatic rings. The molecular formula is C13H18N2. The number of nitrogens with one attached hydrogen (secondary N) is 2. The van der Waals surface area contributed by atoms with Gasteiger partial charge in [-0.15, -0.1) is 0 Å². The minimum atomic E-state index is 0.920. The van der Waals surface area contributed by atoms with Gasteiger partial charge in [-0.3, -0.25) is 0 Å². The average Bonchev–Trinajstić information content (AvgIpc) is 2.57. The van der Waals surface area contributed by atoms with E-state index in [2.05, 4.69) is 49.3 Å².